The van der Waals surface area contributed by atoms with Crippen molar-refractivity contribution < 1.29 is 14.3 Å². The molecule has 0 spiro atoms. The first-order chi connectivity index (χ1) is 9.93. The lowest BCUT2D eigenvalue weighted by Gasteiger charge is -2.42. The summed E-state index contributed by atoms with van der Waals surface area (Å²) in [5.74, 6) is 0.340. The number of nitrogens with zero attached hydrogens (tertiary/aromatic N) is 1. The van der Waals surface area contributed by atoms with Crippen molar-refractivity contribution in [1.29, 1.82) is 0 Å². The summed E-state index contributed by atoms with van der Waals surface area (Å²) in [6, 6.07) is -0.722. The number of unbranched alkanes of at least 4 members (excludes halogenated alkanes) is 1. The Morgan fingerprint density at radius 1 is 1.24 bits per heavy atom. The molecule has 0 aromatic carbocycles. The molecular formula is C16H30N2O3. The van der Waals surface area contributed by atoms with Gasteiger partial charge in [-0.05, 0) is 24.7 Å². The third-order valence-electron chi connectivity index (χ3n) is 4.30. The van der Waals surface area contributed by atoms with Gasteiger partial charge < -0.3 is 15.0 Å². The third kappa shape index (κ3) is 4.43. The van der Waals surface area contributed by atoms with E-state index < -0.39 is 0 Å². The molecule has 1 aliphatic rings. The molecule has 0 aromatic rings. The Labute approximate surface area is 128 Å². The summed E-state index contributed by atoms with van der Waals surface area (Å²) >= 11 is 0. The number of piperazine rings is 1. The second-order valence-corrected chi connectivity index (χ2v) is 6.29. The molecule has 1 saturated heterocycles. The lowest BCUT2D eigenvalue weighted by atomic mass is 9.90. The highest BCUT2D eigenvalue weighted by Crippen LogP contribution is 2.23. The van der Waals surface area contributed by atoms with E-state index in [-0.39, 0.29) is 35.7 Å². The highest BCUT2D eigenvalue weighted by molar-refractivity contribution is 5.97. The highest BCUT2D eigenvalue weighted by Gasteiger charge is 2.43. The maximum Gasteiger partial charge on any atom is 0.246 e. The quantitative estimate of drug-likeness (QED) is 0.695. The summed E-state index contributed by atoms with van der Waals surface area (Å²) in [5.41, 5.74) is 0. The van der Waals surface area contributed by atoms with Crippen LogP contribution in [0.15, 0.2) is 0 Å². The van der Waals surface area contributed by atoms with E-state index in [9.17, 15) is 9.59 Å². The summed E-state index contributed by atoms with van der Waals surface area (Å²) in [6.45, 7) is 9.35. The average Bonchev–Trinajstić information content (AvgIpc) is 2.45. The van der Waals surface area contributed by atoms with Crippen LogP contribution in [0.2, 0.25) is 0 Å². The van der Waals surface area contributed by atoms with Crippen LogP contribution in [0.5, 0.6) is 0 Å². The Morgan fingerprint density at radius 2 is 1.90 bits per heavy atom. The zero-order chi connectivity index (χ0) is 16.0. The molecule has 1 N–H and O–H groups in total. The van der Waals surface area contributed by atoms with Crippen LogP contribution in [0.4, 0.5) is 0 Å². The van der Waals surface area contributed by atoms with E-state index in [0.717, 1.165) is 19.3 Å². The van der Waals surface area contributed by atoms with E-state index in [1.807, 2.05) is 20.8 Å². The minimum atomic E-state index is -0.389. The van der Waals surface area contributed by atoms with Gasteiger partial charge in [0.05, 0.1) is 0 Å². The molecule has 0 saturated carbocycles. The van der Waals surface area contributed by atoms with Crippen LogP contribution in [0.3, 0.4) is 0 Å². The number of rotatable bonds is 8. The van der Waals surface area contributed by atoms with Crippen LogP contribution in [0, 0.1) is 11.8 Å². The Bertz CT molecular complexity index is 357. The Balaban J connectivity index is 2.84. The van der Waals surface area contributed by atoms with Crippen LogP contribution in [0.1, 0.15) is 47.0 Å². The van der Waals surface area contributed by atoms with Crippen molar-refractivity contribution in [2.75, 3.05) is 20.3 Å². The minimum absolute atomic E-state index is 0.00519. The van der Waals surface area contributed by atoms with Crippen LogP contribution in [-0.4, -0.2) is 49.1 Å². The molecule has 3 unspecified atom stereocenters. The van der Waals surface area contributed by atoms with Crippen LogP contribution in [0.25, 0.3) is 0 Å². The Morgan fingerprint density at radius 3 is 2.43 bits per heavy atom. The molecule has 122 valence electrons. The van der Waals surface area contributed by atoms with Crippen molar-refractivity contribution in [2.45, 2.75) is 59.0 Å². The zero-order valence-corrected chi connectivity index (χ0v) is 14.0. The number of carbonyl (C=O) groups excluding carboxylic acids is 2. The second-order valence-electron chi connectivity index (χ2n) is 6.29. The van der Waals surface area contributed by atoms with Crippen LogP contribution >= 0.6 is 0 Å². The normalized spacial score (nSPS) is 24.4. The van der Waals surface area contributed by atoms with Gasteiger partial charge >= 0.3 is 0 Å². The van der Waals surface area contributed by atoms with E-state index in [2.05, 4.69) is 12.2 Å². The molecule has 5 heteroatoms. The van der Waals surface area contributed by atoms with Gasteiger partial charge in [-0.1, -0.05) is 34.1 Å². The fourth-order valence-corrected chi connectivity index (χ4v) is 2.78. The number of amides is 2. The van der Waals surface area contributed by atoms with Gasteiger partial charge in [0, 0.05) is 20.3 Å². The number of methoxy groups -OCH3 is 1. The smallest absolute Gasteiger partial charge is 0.246 e. The van der Waals surface area contributed by atoms with Crippen LogP contribution < -0.4 is 5.32 Å². The number of nitrogens with one attached hydrogen (secondary N) is 1. The van der Waals surface area contributed by atoms with E-state index in [1.165, 1.54) is 0 Å². The molecule has 21 heavy (non-hydrogen) atoms. The fraction of sp³-hybridized carbons (Fsp3) is 0.875. The third-order valence-corrected chi connectivity index (χ3v) is 4.30. The first kappa shape index (κ1) is 18.0. The molecule has 1 aliphatic heterocycles. The Kier molecular flexibility index (Phi) is 7.15. The van der Waals surface area contributed by atoms with Crippen molar-refractivity contribution in [2.24, 2.45) is 11.8 Å². The molecule has 0 aliphatic carbocycles. The molecule has 0 aromatic heterocycles. The van der Waals surface area contributed by atoms with Gasteiger partial charge in [0.2, 0.25) is 11.8 Å². The largest absolute Gasteiger partial charge is 0.385 e. The minimum Gasteiger partial charge on any atom is -0.385 e. The molecule has 3 atom stereocenters. The van der Waals surface area contributed by atoms with Crippen molar-refractivity contribution in [1.82, 2.24) is 10.2 Å². The lowest BCUT2D eigenvalue weighted by Crippen LogP contribution is -2.66. The lowest BCUT2D eigenvalue weighted by molar-refractivity contribution is -0.152. The topological polar surface area (TPSA) is 58.6 Å². The van der Waals surface area contributed by atoms with Crippen LogP contribution in [-0.2, 0) is 14.3 Å². The Hall–Kier alpha value is -1.10. The van der Waals surface area contributed by atoms with E-state index in [4.69, 9.17) is 4.74 Å². The number of hydrogen-bond acceptors (Lipinski definition) is 3. The van der Waals surface area contributed by atoms with E-state index in [0.29, 0.717) is 13.2 Å². The number of ether oxygens (including phenoxy) is 1. The predicted molar refractivity (Wildman–Crippen MR) is 82.8 cm³/mol. The van der Waals surface area contributed by atoms with Crippen molar-refractivity contribution in [3.63, 3.8) is 0 Å². The van der Waals surface area contributed by atoms with Crippen molar-refractivity contribution >= 4 is 11.8 Å². The molecule has 1 fully saturated rings. The van der Waals surface area contributed by atoms with Crippen molar-refractivity contribution in [3.05, 3.63) is 0 Å². The SMILES string of the molecule is CCC(C)C1C(=O)NC(C(C)C)C(=O)N1CCCCOC. The van der Waals surface area contributed by atoms with Gasteiger partial charge in [-0.25, -0.2) is 0 Å². The maximum atomic E-state index is 12.7. The number of hydrogen-bond donors (Lipinski definition) is 1. The van der Waals surface area contributed by atoms with Gasteiger partial charge in [-0.15, -0.1) is 0 Å². The molecule has 2 amide bonds. The van der Waals surface area contributed by atoms with Gasteiger partial charge in [0.25, 0.3) is 0 Å². The van der Waals surface area contributed by atoms with Gasteiger partial charge in [-0.3, -0.25) is 9.59 Å². The molecular weight excluding hydrogens is 268 g/mol. The second kappa shape index (κ2) is 8.37. The number of carbonyl (C=O) groups is 2. The maximum absolute atomic E-state index is 12.7. The summed E-state index contributed by atoms with van der Waals surface area (Å²) < 4.78 is 5.05. The van der Waals surface area contributed by atoms with Crippen molar-refractivity contribution in [3.8, 4) is 0 Å². The molecule has 1 heterocycles. The summed E-state index contributed by atoms with van der Waals surface area (Å²) in [7, 11) is 1.68. The summed E-state index contributed by atoms with van der Waals surface area (Å²) in [6.07, 6.45) is 2.65. The average molecular weight is 298 g/mol. The first-order valence-corrected chi connectivity index (χ1v) is 8.03. The fourth-order valence-electron chi connectivity index (χ4n) is 2.78. The first-order valence-electron chi connectivity index (χ1n) is 8.03. The van der Waals surface area contributed by atoms with Gasteiger partial charge in [-0.2, -0.15) is 0 Å². The molecule has 1 rings (SSSR count). The predicted octanol–water partition coefficient (Wildman–Crippen LogP) is 1.81. The zero-order valence-electron chi connectivity index (χ0n) is 14.0. The molecule has 0 radical (unpaired) electrons. The summed E-state index contributed by atoms with van der Waals surface area (Å²) in [5, 5.41) is 2.91. The molecule has 0 bridgehead atoms. The summed E-state index contributed by atoms with van der Waals surface area (Å²) in [4.78, 5) is 26.9. The van der Waals surface area contributed by atoms with Gasteiger partial charge in [0.1, 0.15) is 12.1 Å². The standard InChI is InChI=1S/C16H30N2O3/c1-6-12(4)14-15(19)17-13(11(2)3)16(20)18(14)9-7-8-10-21-5/h11-14H,6-10H2,1-5H3,(H,17,19). The van der Waals surface area contributed by atoms with Gasteiger partial charge in [0.15, 0.2) is 0 Å². The monoisotopic (exact) mass is 298 g/mol. The van der Waals surface area contributed by atoms with E-state index >= 15 is 0 Å². The van der Waals surface area contributed by atoms with E-state index in [1.54, 1.807) is 12.0 Å². The molecule has 5 nitrogen and oxygen atoms in total. The highest BCUT2D eigenvalue weighted by atomic mass is 16.5.